The van der Waals surface area contributed by atoms with Gasteiger partial charge in [-0.25, -0.2) is 14.4 Å². The number of benzene rings is 2. The second-order valence-corrected chi connectivity index (χ2v) is 8.70. The normalized spacial score (nSPS) is 17.2. The van der Waals surface area contributed by atoms with Crippen molar-refractivity contribution in [2.75, 3.05) is 6.54 Å². The van der Waals surface area contributed by atoms with Crippen LogP contribution < -0.4 is 10.4 Å². The van der Waals surface area contributed by atoms with E-state index < -0.39 is 18.1 Å². The lowest BCUT2D eigenvalue weighted by atomic mass is 10.1. The maximum Gasteiger partial charge on any atom is 0.410 e. The first-order valence-corrected chi connectivity index (χ1v) is 11.4. The number of halogens is 1. The highest BCUT2D eigenvalue weighted by Crippen LogP contribution is 2.35. The minimum Gasteiger partial charge on any atom is -0.445 e. The fraction of sp³-hybridized carbons (Fsp3) is 0.320. The molecule has 1 aliphatic heterocycles. The Hall–Kier alpha value is -3.32. The molecule has 170 valence electrons. The van der Waals surface area contributed by atoms with Gasteiger partial charge in [-0.2, -0.15) is 0 Å². The van der Waals surface area contributed by atoms with E-state index in [9.17, 15) is 14.4 Å². The Morgan fingerprint density at radius 3 is 2.70 bits per heavy atom. The number of ether oxygens (including phenoxy) is 2. The van der Waals surface area contributed by atoms with Crippen molar-refractivity contribution >= 4 is 34.6 Å². The zero-order valence-electron chi connectivity index (χ0n) is 17.8. The monoisotopic (exact) mass is 467 g/mol. The van der Waals surface area contributed by atoms with E-state index in [1.807, 2.05) is 30.3 Å². The minimum atomic E-state index is -0.771. The van der Waals surface area contributed by atoms with Crippen molar-refractivity contribution in [2.24, 2.45) is 0 Å². The zero-order valence-corrected chi connectivity index (χ0v) is 18.6. The highest BCUT2D eigenvalue weighted by Gasteiger charge is 2.37. The van der Waals surface area contributed by atoms with Gasteiger partial charge in [-0.1, -0.05) is 41.9 Å². The molecule has 7 nitrogen and oxygen atoms in total. The lowest BCUT2D eigenvalue weighted by molar-refractivity contribution is -0.139. The van der Waals surface area contributed by atoms with Crippen LogP contribution in [-0.4, -0.2) is 29.5 Å². The van der Waals surface area contributed by atoms with E-state index in [0.717, 1.165) is 29.4 Å². The topological polar surface area (TPSA) is 86.0 Å². The molecule has 1 amide bonds. The summed E-state index contributed by atoms with van der Waals surface area (Å²) in [5.41, 5.74) is 2.47. The van der Waals surface area contributed by atoms with Gasteiger partial charge in [-0.05, 0) is 49.3 Å². The number of fused-ring (bicyclic) bond motifs is 3. The molecule has 1 aromatic heterocycles. The van der Waals surface area contributed by atoms with Crippen LogP contribution in [0.15, 0.2) is 51.7 Å². The van der Waals surface area contributed by atoms with Crippen molar-refractivity contribution in [3.8, 4) is 5.75 Å². The van der Waals surface area contributed by atoms with Crippen molar-refractivity contribution in [1.82, 2.24) is 4.90 Å². The average Bonchev–Trinajstić information content (AvgIpc) is 3.50. The van der Waals surface area contributed by atoms with Gasteiger partial charge in [0.15, 0.2) is 5.75 Å². The van der Waals surface area contributed by atoms with Gasteiger partial charge in [-0.3, -0.25) is 4.90 Å². The zero-order chi connectivity index (χ0) is 22.9. The van der Waals surface area contributed by atoms with Gasteiger partial charge in [0.2, 0.25) is 0 Å². The van der Waals surface area contributed by atoms with Crippen molar-refractivity contribution in [1.29, 1.82) is 0 Å². The third-order valence-electron chi connectivity index (χ3n) is 6.20. The highest BCUT2D eigenvalue weighted by atomic mass is 35.5. The summed E-state index contributed by atoms with van der Waals surface area (Å²) in [6.07, 6.45) is 2.93. The summed E-state index contributed by atoms with van der Waals surface area (Å²) in [7, 11) is 0. The van der Waals surface area contributed by atoms with Gasteiger partial charge < -0.3 is 13.9 Å². The molecule has 2 aromatic carbocycles. The van der Waals surface area contributed by atoms with Gasteiger partial charge in [-0.15, -0.1) is 0 Å². The van der Waals surface area contributed by atoms with Crippen LogP contribution in [0.25, 0.3) is 11.0 Å². The molecular weight excluding hydrogens is 446 g/mol. The van der Waals surface area contributed by atoms with E-state index in [-0.39, 0.29) is 23.0 Å². The van der Waals surface area contributed by atoms with Crippen molar-refractivity contribution in [3.63, 3.8) is 0 Å². The number of amides is 1. The summed E-state index contributed by atoms with van der Waals surface area (Å²) in [5.74, 6) is -0.506. The summed E-state index contributed by atoms with van der Waals surface area (Å²) in [5, 5.41) is 1.01. The van der Waals surface area contributed by atoms with E-state index in [2.05, 4.69) is 0 Å². The van der Waals surface area contributed by atoms with Gasteiger partial charge in [0, 0.05) is 23.6 Å². The van der Waals surface area contributed by atoms with Crippen molar-refractivity contribution in [3.05, 3.63) is 74.6 Å². The average molecular weight is 468 g/mol. The standard InChI is InChI=1S/C25H22ClNO6/c26-19-12-18-16-8-4-9-17(16)23(28)32-21(18)13-22(19)33-24(29)20-10-5-11-27(20)25(30)31-14-15-6-2-1-3-7-15/h1-3,6-7,12-13,20H,4-5,8-11,14H2. The highest BCUT2D eigenvalue weighted by molar-refractivity contribution is 6.33. The van der Waals surface area contributed by atoms with Crippen LogP contribution in [0.3, 0.4) is 0 Å². The number of aryl methyl sites for hydroxylation is 1. The number of carbonyl (C=O) groups excluding carboxylic acids is 2. The molecule has 1 aliphatic carbocycles. The second-order valence-electron chi connectivity index (χ2n) is 8.29. The van der Waals surface area contributed by atoms with E-state index in [0.29, 0.717) is 37.0 Å². The molecule has 1 saturated heterocycles. The van der Waals surface area contributed by atoms with E-state index >= 15 is 0 Å². The first kappa shape index (κ1) is 21.5. The number of esters is 1. The molecule has 0 N–H and O–H groups in total. The fourth-order valence-electron chi connectivity index (χ4n) is 4.57. The summed E-state index contributed by atoms with van der Waals surface area (Å²) in [6, 6.07) is 11.7. The number of carbonyl (C=O) groups is 2. The number of likely N-dealkylation sites (tertiary alicyclic amines) is 1. The smallest absolute Gasteiger partial charge is 0.410 e. The SMILES string of the molecule is O=C(Oc1cc2oc(=O)c3c(c2cc1Cl)CCC3)C1CCCN1C(=O)OCc1ccccc1. The number of hydrogen-bond donors (Lipinski definition) is 0. The Morgan fingerprint density at radius 1 is 1.09 bits per heavy atom. The molecule has 8 heteroatoms. The Kier molecular flexibility index (Phi) is 5.81. The molecule has 0 radical (unpaired) electrons. The van der Waals surface area contributed by atoms with Crippen LogP contribution in [0.2, 0.25) is 5.02 Å². The summed E-state index contributed by atoms with van der Waals surface area (Å²) in [6.45, 7) is 0.525. The molecular formula is C25H22ClNO6. The molecule has 0 saturated carbocycles. The molecule has 5 rings (SSSR count). The minimum absolute atomic E-state index is 0.0970. The van der Waals surface area contributed by atoms with Gasteiger partial charge in [0.05, 0.1) is 5.02 Å². The Morgan fingerprint density at radius 2 is 1.88 bits per heavy atom. The van der Waals surface area contributed by atoms with E-state index in [1.54, 1.807) is 6.07 Å². The molecule has 33 heavy (non-hydrogen) atoms. The molecule has 1 atom stereocenters. The lowest BCUT2D eigenvalue weighted by Crippen LogP contribution is -2.42. The molecule has 2 aliphatic rings. The Bertz CT molecular complexity index is 1290. The number of hydrogen-bond acceptors (Lipinski definition) is 6. The van der Waals surface area contributed by atoms with Gasteiger partial charge in [0.25, 0.3) is 0 Å². The predicted molar refractivity (Wildman–Crippen MR) is 122 cm³/mol. The second kappa shape index (κ2) is 8.90. The first-order valence-electron chi connectivity index (χ1n) is 11.0. The van der Waals surface area contributed by atoms with Gasteiger partial charge in [0.1, 0.15) is 18.2 Å². The third kappa shape index (κ3) is 4.20. The van der Waals surface area contributed by atoms with Crippen LogP contribution in [-0.2, 0) is 29.0 Å². The third-order valence-corrected chi connectivity index (χ3v) is 6.50. The van der Waals surface area contributed by atoms with E-state index in [4.69, 9.17) is 25.5 Å². The molecule has 1 unspecified atom stereocenters. The molecule has 0 bridgehead atoms. The molecule has 1 fully saturated rings. The molecule has 3 aromatic rings. The number of rotatable bonds is 4. The van der Waals surface area contributed by atoms with E-state index in [1.165, 1.54) is 11.0 Å². The lowest BCUT2D eigenvalue weighted by Gasteiger charge is -2.22. The van der Waals surface area contributed by atoms with Crippen molar-refractivity contribution in [2.45, 2.75) is 44.8 Å². The van der Waals surface area contributed by atoms with Crippen LogP contribution in [0.4, 0.5) is 4.79 Å². The molecule has 0 spiro atoms. The van der Waals surface area contributed by atoms with Crippen LogP contribution in [0, 0.1) is 0 Å². The van der Waals surface area contributed by atoms with Crippen LogP contribution in [0.1, 0.15) is 36.0 Å². The fourth-order valence-corrected chi connectivity index (χ4v) is 4.77. The Labute approximate surface area is 194 Å². The quantitative estimate of drug-likeness (QED) is 0.315. The number of nitrogens with zero attached hydrogens (tertiary/aromatic N) is 1. The largest absolute Gasteiger partial charge is 0.445 e. The maximum absolute atomic E-state index is 12.9. The predicted octanol–water partition coefficient (Wildman–Crippen LogP) is 4.64. The van der Waals surface area contributed by atoms with Crippen LogP contribution in [0.5, 0.6) is 5.75 Å². The first-order chi connectivity index (χ1) is 16.0. The summed E-state index contributed by atoms with van der Waals surface area (Å²) < 4.78 is 16.4. The maximum atomic E-state index is 12.9. The summed E-state index contributed by atoms with van der Waals surface area (Å²) >= 11 is 6.41. The van der Waals surface area contributed by atoms with Crippen LogP contribution >= 0.6 is 11.6 Å². The molecule has 2 heterocycles. The van der Waals surface area contributed by atoms with Gasteiger partial charge >= 0.3 is 17.7 Å². The summed E-state index contributed by atoms with van der Waals surface area (Å²) in [4.78, 5) is 39.2. The Balaban J connectivity index is 1.32. The van der Waals surface area contributed by atoms with Crippen molar-refractivity contribution < 1.29 is 23.5 Å².